The van der Waals surface area contributed by atoms with Crippen LogP contribution in [0.3, 0.4) is 0 Å². The molecule has 0 radical (unpaired) electrons. The van der Waals surface area contributed by atoms with E-state index in [1.54, 1.807) is 12.2 Å². The van der Waals surface area contributed by atoms with Crippen molar-refractivity contribution in [2.75, 3.05) is 5.33 Å². The zero-order valence-electron chi connectivity index (χ0n) is 12.5. The summed E-state index contributed by atoms with van der Waals surface area (Å²) in [6.07, 6.45) is 10.9. The molecule has 1 unspecified atom stereocenters. The minimum Gasteiger partial charge on any atom is -0.425 e. The van der Waals surface area contributed by atoms with Gasteiger partial charge in [0.15, 0.2) is 5.78 Å². The largest absolute Gasteiger partial charge is 0.425 e. The van der Waals surface area contributed by atoms with E-state index in [1.165, 1.54) is 10.8 Å². The first-order chi connectivity index (χ1) is 11.2. The molecular formula is C19H15BrO3. The van der Waals surface area contributed by atoms with E-state index < -0.39 is 5.92 Å². The lowest BCUT2D eigenvalue weighted by molar-refractivity contribution is -0.136. The molecule has 0 amide bonds. The van der Waals surface area contributed by atoms with E-state index in [0.29, 0.717) is 11.3 Å². The molecular weight excluding hydrogens is 356 g/mol. The average Bonchev–Trinajstić information content (AvgIpc) is 2.59. The summed E-state index contributed by atoms with van der Waals surface area (Å²) in [5, 5.41) is 2.40. The number of esters is 1. The molecule has 0 saturated heterocycles. The quantitative estimate of drug-likeness (QED) is 0.454. The van der Waals surface area contributed by atoms with Gasteiger partial charge in [-0.25, -0.2) is 0 Å². The van der Waals surface area contributed by atoms with Gasteiger partial charge in [0.2, 0.25) is 0 Å². The number of carbonyl (C=O) groups excluding carboxylic acids is 2. The van der Waals surface area contributed by atoms with E-state index in [4.69, 9.17) is 4.74 Å². The van der Waals surface area contributed by atoms with Crippen molar-refractivity contribution >= 4 is 39.3 Å². The van der Waals surface area contributed by atoms with E-state index in [1.807, 2.05) is 12.1 Å². The second-order valence-electron chi connectivity index (χ2n) is 6.01. The second-order valence-corrected chi connectivity index (χ2v) is 6.57. The summed E-state index contributed by atoms with van der Waals surface area (Å²) in [4.78, 5) is 24.2. The number of rotatable bonds is 2. The SMILES string of the molecule is O=C(CBr)C1=CC2C(=O)Oc3cc4c(cc3=C2C=C1)CCCC=4. The number of fused-ring (bicyclic) bond motifs is 3. The lowest BCUT2D eigenvalue weighted by Gasteiger charge is -2.24. The lowest BCUT2D eigenvalue weighted by Crippen LogP contribution is -2.35. The molecule has 1 aromatic carbocycles. The van der Waals surface area contributed by atoms with Crippen LogP contribution in [0.15, 0.2) is 35.9 Å². The fourth-order valence-electron chi connectivity index (χ4n) is 3.40. The van der Waals surface area contributed by atoms with Crippen LogP contribution in [0.25, 0.3) is 11.6 Å². The van der Waals surface area contributed by atoms with Crippen molar-refractivity contribution in [2.45, 2.75) is 19.3 Å². The molecule has 1 aliphatic heterocycles. The Morgan fingerprint density at radius 2 is 2.17 bits per heavy atom. The van der Waals surface area contributed by atoms with Gasteiger partial charge in [-0.1, -0.05) is 40.2 Å². The fraction of sp³-hybridized carbons (Fsp3) is 0.263. The average molecular weight is 371 g/mol. The first-order valence-electron chi connectivity index (χ1n) is 7.75. The minimum atomic E-state index is -0.490. The number of hydrogen-bond donors (Lipinski definition) is 0. The zero-order chi connectivity index (χ0) is 16.0. The normalized spacial score (nSPS) is 21.4. The maximum absolute atomic E-state index is 12.4. The third-order valence-electron chi connectivity index (χ3n) is 4.60. The molecule has 0 spiro atoms. The fourth-order valence-corrected chi connectivity index (χ4v) is 3.73. The molecule has 2 aliphatic carbocycles. The molecule has 3 nitrogen and oxygen atoms in total. The molecule has 23 heavy (non-hydrogen) atoms. The van der Waals surface area contributed by atoms with Gasteiger partial charge >= 0.3 is 5.97 Å². The minimum absolute atomic E-state index is 0.0288. The van der Waals surface area contributed by atoms with Crippen LogP contribution in [0.5, 0.6) is 5.75 Å². The maximum Gasteiger partial charge on any atom is 0.322 e. The standard InChI is InChI=1S/C19H15BrO3/c20-10-17(21)13-5-6-14-15-7-11-3-1-2-4-12(11)9-18(15)23-19(22)16(14)8-13/h4-9,16H,1-3,10H2. The molecule has 116 valence electrons. The number of halogens is 1. The summed E-state index contributed by atoms with van der Waals surface area (Å²) in [6, 6.07) is 4.12. The van der Waals surface area contributed by atoms with Crippen molar-refractivity contribution in [3.05, 3.63) is 51.9 Å². The molecule has 0 bridgehead atoms. The Kier molecular flexibility index (Phi) is 3.57. The number of carbonyl (C=O) groups is 2. The van der Waals surface area contributed by atoms with Crippen LogP contribution in [-0.4, -0.2) is 17.1 Å². The first kappa shape index (κ1) is 14.6. The van der Waals surface area contributed by atoms with E-state index in [9.17, 15) is 9.59 Å². The maximum atomic E-state index is 12.4. The molecule has 1 aromatic rings. The number of Topliss-reactive ketones (excluding diaryl/α,β-unsaturated/α-hetero) is 1. The third kappa shape index (κ3) is 2.41. The number of allylic oxidation sites excluding steroid dienone is 3. The Balaban J connectivity index is 1.91. The molecule has 4 heteroatoms. The molecule has 0 N–H and O–H groups in total. The number of ether oxygens (including phenoxy) is 1. The van der Waals surface area contributed by atoms with Gasteiger partial charge in [0, 0.05) is 10.8 Å². The molecule has 0 fully saturated rings. The Labute approximate surface area is 142 Å². The van der Waals surface area contributed by atoms with Gasteiger partial charge in [0.05, 0.1) is 5.33 Å². The molecule has 1 atom stereocenters. The molecule has 1 heterocycles. The monoisotopic (exact) mass is 370 g/mol. The third-order valence-corrected chi connectivity index (χ3v) is 5.11. The van der Waals surface area contributed by atoms with E-state index in [0.717, 1.165) is 30.1 Å². The van der Waals surface area contributed by atoms with Crippen molar-refractivity contribution in [3.63, 3.8) is 0 Å². The zero-order valence-corrected chi connectivity index (χ0v) is 14.1. The van der Waals surface area contributed by atoms with Crippen LogP contribution >= 0.6 is 15.9 Å². The Morgan fingerprint density at radius 3 is 3.00 bits per heavy atom. The predicted octanol–water partition coefficient (Wildman–Crippen LogP) is 1.95. The Bertz CT molecular complexity index is 905. The summed E-state index contributed by atoms with van der Waals surface area (Å²) < 4.78 is 5.55. The van der Waals surface area contributed by atoms with Crippen LogP contribution < -0.4 is 15.2 Å². The summed E-state index contributed by atoms with van der Waals surface area (Å²) >= 11 is 3.17. The van der Waals surface area contributed by atoms with Gasteiger partial charge in [0.25, 0.3) is 0 Å². The van der Waals surface area contributed by atoms with E-state index >= 15 is 0 Å². The highest BCUT2D eigenvalue weighted by Gasteiger charge is 2.31. The van der Waals surface area contributed by atoms with Gasteiger partial charge in [-0.15, -0.1) is 0 Å². The number of hydrogen-bond acceptors (Lipinski definition) is 3. The highest BCUT2D eigenvalue weighted by molar-refractivity contribution is 9.09. The highest BCUT2D eigenvalue weighted by atomic mass is 79.9. The van der Waals surface area contributed by atoms with Crippen molar-refractivity contribution in [1.82, 2.24) is 0 Å². The van der Waals surface area contributed by atoms with Gasteiger partial charge in [-0.2, -0.15) is 0 Å². The van der Waals surface area contributed by atoms with Crippen molar-refractivity contribution in [3.8, 4) is 5.75 Å². The smallest absolute Gasteiger partial charge is 0.322 e. The number of alkyl halides is 1. The van der Waals surface area contributed by atoms with Crippen LogP contribution in [0, 0.1) is 5.92 Å². The van der Waals surface area contributed by atoms with Gasteiger partial charge in [-0.3, -0.25) is 9.59 Å². The predicted molar refractivity (Wildman–Crippen MR) is 91.7 cm³/mol. The molecule has 0 aromatic heterocycles. The van der Waals surface area contributed by atoms with Gasteiger partial charge in [-0.05, 0) is 47.8 Å². The Hall–Kier alpha value is -1.94. The van der Waals surface area contributed by atoms with Crippen LogP contribution in [0.4, 0.5) is 0 Å². The van der Waals surface area contributed by atoms with Crippen LogP contribution in [0.2, 0.25) is 0 Å². The topological polar surface area (TPSA) is 43.4 Å². The van der Waals surface area contributed by atoms with E-state index in [2.05, 4.69) is 28.1 Å². The van der Waals surface area contributed by atoms with Crippen LogP contribution in [0.1, 0.15) is 18.4 Å². The van der Waals surface area contributed by atoms with Gasteiger partial charge in [0.1, 0.15) is 11.7 Å². The number of ketones is 1. The van der Waals surface area contributed by atoms with Crippen LogP contribution in [-0.2, 0) is 16.0 Å². The summed E-state index contributed by atoms with van der Waals surface area (Å²) in [5.41, 5.74) is 2.79. The molecule has 3 aliphatic rings. The van der Waals surface area contributed by atoms with Crippen molar-refractivity contribution < 1.29 is 14.3 Å². The number of aryl methyl sites for hydroxylation is 1. The lowest BCUT2D eigenvalue weighted by atomic mass is 9.85. The molecule has 4 rings (SSSR count). The summed E-state index contributed by atoms with van der Waals surface area (Å²) in [7, 11) is 0. The van der Waals surface area contributed by atoms with Gasteiger partial charge < -0.3 is 4.74 Å². The van der Waals surface area contributed by atoms with Crippen molar-refractivity contribution in [1.29, 1.82) is 0 Å². The van der Waals surface area contributed by atoms with Crippen molar-refractivity contribution in [2.24, 2.45) is 5.92 Å². The second kappa shape index (κ2) is 5.60. The van der Waals surface area contributed by atoms with E-state index in [-0.39, 0.29) is 17.1 Å². The molecule has 0 saturated carbocycles. The summed E-state index contributed by atoms with van der Waals surface area (Å²) in [6.45, 7) is 0. The summed E-state index contributed by atoms with van der Waals surface area (Å²) in [5.74, 6) is -0.200. The number of benzene rings is 1. The highest BCUT2D eigenvalue weighted by Crippen LogP contribution is 2.29. The Morgan fingerprint density at radius 1 is 1.30 bits per heavy atom. The first-order valence-corrected chi connectivity index (χ1v) is 8.87.